The van der Waals surface area contributed by atoms with E-state index in [0.29, 0.717) is 0 Å². The zero-order valence-electron chi connectivity index (χ0n) is 10.7. The van der Waals surface area contributed by atoms with Crippen LogP contribution in [0.5, 0.6) is 0 Å². The first kappa shape index (κ1) is 15.1. The highest BCUT2D eigenvalue weighted by Crippen LogP contribution is 2.21. The van der Waals surface area contributed by atoms with Crippen molar-refractivity contribution in [3.05, 3.63) is 21.6 Å². The lowest BCUT2D eigenvalue weighted by Crippen LogP contribution is -2.39. The van der Waals surface area contributed by atoms with Gasteiger partial charge in [-0.2, -0.15) is 5.10 Å². The smallest absolute Gasteiger partial charge is 0.292 e. The molecule has 0 saturated heterocycles. The van der Waals surface area contributed by atoms with E-state index in [1.807, 2.05) is 0 Å². The highest BCUT2D eigenvalue weighted by molar-refractivity contribution is 6.33. The van der Waals surface area contributed by atoms with E-state index in [1.165, 1.54) is 6.20 Å². The van der Waals surface area contributed by atoms with Gasteiger partial charge >= 0.3 is 0 Å². The molecule has 7 heteroatoms. The average molecular weight is 283 g/mol. The van der Waals surface area contributed by atoms with Gasteiger partial charge in [0.25, 0.3) is 5.56 Å². The molecule has 0 aliphatic rings. The SMILES string of the molecule is C#CCn1ncc(Cl)c(NC(C)(C)CC(N)=O)c1=O. The molecule has 0 aliphatic heterocycles. The third-order valence-corrected chi connectivity index (χ3v) is 2.60. The maximum absolute atomic E-state index is 12.1. The third-order valence-electron chi connectivity index (χ3n) is 2.32. The third kappa shape index (κ3) is 4.00. The van der Waals surface area contributed by atoms with Gasteiger partial charge in [0.1, 0.15) is 12.2 Å². The molecule has 6 nitrogen and oxygen atoms in total. The second kappa shape index (κ2) is 5.76. The number of primary amides is 1. The van der Waals surface area contributed by atoms with Crippen molar-refractivity contribution in [3.8, 4) is 12.3 Å². The Kier molecular flexibility index (Phi) is 4.57. The number of hydrogen-bond acceptors (Lipinski definition) is 4. The Morgan fingerprint density at radius 3 is 2.84 bits per heavy atom. The van der Waals surface area contributed by atoms with Crippen molar-refractivity contribution < 1.29 is 4.79 Å². The number of halogens is 1. The van der Waals surface area contributed by atoms with Gasteiger partial charge in [0.05, 0.1) is 11.2 Å². The van der Waals surface area contributed by atoms with E-state index in [1.54, 1.807) is 13.8 Å². The second-order valence-corrected chi connectivity index (χ2v) is 5.09. The van der Waals surface area contributed by atoms with Crippen LogP contribution in [0.1, 0.15) is 20.3 Å². The van der Waals surface area contributed by atoms with E-state index in [0.717, 1.165) is 4.68 Å². The van der Waals surface area contributed by atoms with Crippen LogP contribution in [-0.4, -0.2) is 21.2 Å². The fraction of sp³-hybridized carbons (Fsp3) is 0.417. The summed E-state index contributed by atoms with van der Waals surface area (Å²) >= 11 is 5.94. The number of hydrogen-bond donors (Lipinski definition) is 2. The van der Waals surface area contributed by atoms with E-state index < -0.39 is 17.0 Å². The van der Waals surface area contributed by atoms with Gasteiger partial charge in [-0.15, -0.1) is 6.42 Å². The molecular weight excluding hydrogens is 268 g/mol. The molecule has 0 unspecified atom stereocenters. The van der Waals surface area contributed by atoms with Crippen molar-refractivity contribution in [1.29, 1.82) is 0 Å². The number of anilines is 1. The lowest BCUT2D eigenvalue weighted by molar-refractivity contribution is -0.118. The fourth-order valence-electron chi connectivity index (χ4n) is 1.60. The van der Waals surface area contributed by atoms with Crippen LogP contribution < -0.4 is 16.6 Å². The Morgan fingerprint density at radius 1 is 1.68 bits per heavy atom. The molecule has 102 valence electrons. The summed E-state index contributed by atoms with van der Waals surface area (Å²) in [6.07, 6.45) is 6.52. The topological polar surface area (TPSA) is 90.0 Å². The van der Waals surface area contributed by atoms with Crippen molar-refractivity contribution in [2.45, 2.75) is 32.4 Å². The van der Waals surface area contributed by atoms with E-state index in [2.05, 4.69) is 16.3 Å². The van der Waals surface area contributed by atoms with E-state index in [-0.39, 0.29) is 23.7 Å². The molecular formula is C12H15ClN4O2. The lowest BCUT2D eigenvalue weighted by atomic mass is 10.00. The van der Waals surface area contributed by atoms with Crippen LogP contribution in [0.4, 0.5) is 5.69 Å². The van der Waals surface area contributed by atoms with Crippen molar-refractivity contribution in [1.82, 2.24) is 9.78 Å². The Morgan fingerprint density at radius 2 is 2.32 bits per heavy atom. The number of rotatable bonds is 5. The van der Waals surface area contributed by atoms with Gasteiger partial charge in [-0.25, -0.2) is 4.68 Å². The van der Waals surface area contributed by atoms with Crippen LogP contribution in [0.15, 0.2) is 11.0 Å². The molecule has 1 amide bonds. The Bertz CT molecular complexity index is 586. The van der Waals surface area contributed by atoms with Gasteiger partial charge in [-0.05, 0) is 13.8 Å². The Balaban J connectivity index is 3.14. The van der Waals surface area contributed by atoms with Gasteiger partial charge in [0.2, 0.25) is 5.91 Å². The first-order valence-corrected chi connectivity index (χ1v) is 5.90. The van der Waals surface area contributed by atoms with Crippen molar-refractivity contribution in [2.75, 3.05) is 5.32 Å². The van der Waals surface area contributed by atoms with Crippen LogP contribution >= 0.6 is 11.6 Å². The summed E-state index contributed by atoms with van der Waals surface area (Å²) in [4.78, 5) is 23.1. The molecule has 0 aliphatic carbocycles. The number of carbonyl (C=O) groups is 1. The Hall–Kier alpha value is -2.00. The lowest BCUT2D eigenvalue weighted by Gasteiger charge is -2.26. The largest absolute Gasteiger partial charge is 0.374 e. The summed E-state index contributed by atoms with van der Waals surface area (Å²) in [7, 11) is 0. The summed E-state index contributed by atoms with van der Waals surface area (Å²) in [6.45, 7) is 3.51. The summed E-state index contributed by atoms with van der Waals surface area (Å²) in [5.41, 5.74) is 4.16. The van der Waals surface area contributed by atoms with Crippen LogP contribution in [0.3, 0.4) is 0 Å². The number of nitrogens with zero attached hydrogens (tertiary/aromatic N) is 2. The number of nitrogens with one attached hydrogen (secondary N) is 1. The van der Waals surface area contributed by atoms with Gasteiger partial charge in [-0.3, -0.25) is 9.59 Å². The second-order valence-electron chi connectivity index (χ2n) is 4.69. The van der Waals surface area contributed by atoms with Crippen LogP contribution in [0, 0.1) is 12.3 Å². The molecule has 19 heavy (non-hydrogen) atoms. The van der Waals surface area contributed by atoms with E-state index in [4.69, 9.17) is 23.8 Å². The monoisotopic (exact) mass is 282 g/mol. The normalized spacial score (nSPS) is 10.8. The van der Waals surface area contributed by atoms with Crippen LogP contribution in [0.25, 0.3) is 0 Å². The van der Waals surface area contributed by atoms with Gasteiger partial charge in [0.15, 0.2) is 0 Å². The molecule has 3 N–H and O–H groups in total. The molecule has 1 aromatic rings. The van der Waals surface area contributed by atoms with Gasteiger partial charge in [-0.1, -0.05) is 17.5 Å². The van der Waals surface area contributed by atoms with Gasteiger partial charge < -0.3 is 11.1 Å². The first-order valence-electron chi connectivity index (χ1n) is 5.52. The number of aromatic nitrogens is 2. The molecule has 0 atom stereocenters. The number of amides is 1. The van der Waals surface area contributed by atoms with Gasteiger partial charge in [0, 0.05) is 12.0 Å². The molecule has 0 spiro atoms. The van der Waals surface area contributed by atoms with Crippen molar-refractivity contribution in [2.24, 2.45) is 5.73 Å². The molecule has 0 bridgehead atoms. The standard InChI is InChI=1S/C12H15ClN4O2/c1-4-5-17-11(19)10(8(13)7-15-17)16-12(2,3)6-9(14)18/h1,7,16H,5-6H2,2-3H3,(H2,14,18). The molecule has 0 saturated carbocycles. The van der Waals surface area contributed by atoms with Crippen molar-refractivity contribution in [3.63, 3.8) is 0 Å². The number of terminal acetylenes is 1. The molecule has 0 radical (unpaired) electrons. The quantitative estimate of drug-likeness (QED) is 0.774. The highest BCUT2D eigenvalue weighted by Gasteiger charge is 2.23. The summed E-state index contributed by atoms with van der Waals surface area (Å²) < 4.78 is 1.11. The summed E-state index contributed by atoms with van der Waals surface area (Å²) in [5.74, 6) is 1.84. The Labute approximate surface area is 115 Å². The number of nitrogens with two attached hydrogens (primary N) is 1. The van der Waals surface area contributed by atoms with Crippen LogP contribution in [0.2, 0.25) is 5.02 Å². The molecule has 1 rings (SSSR count). The minimum absolute atomic E-state index is 0.0426. The van der Waals surface area contributed by atoms with E-state index >= 15 is 0 Å². The molecule has 1 aromatic heterocycles. The maximum Gasteiger partial charge on any atom is 0.292 e. The highest BCUT2D eigenvalue weighted by atomic mass is 35.5. The minimum atomic E-state index is -0.704. The summed E-state index contributed by atoms with van der Waals surface area (Å²) in [5, 5.41) is 6.89. The van der Waals surface area contributed by atoms with Crippen molar-refractivity contribution >= 4 is 23.2 Å². The fourth-order valence-corrected chi connectivity index (χ4v) is 1.77. The maximum atomic E-state index is 12.1. The molecule has 0 aromatic carbocycles. The minimum Gasteiger partial charge on any atom is -0.374 e. The predicted octanol–water partition coefficient (Wildman–Crippen LogP) is 0.596. The van der Waals surface area contributed by atoms with E-state index in [9.17, 15) is 9.59 Å². The average Bonchev–Trinajstić information content (AvgIpc) is 2.27. The predicted molar refractivity (Wildman–Crippen MR) is 73.9 cm³/mol. The zero-order valence-corrected chi connectivity index (χ0v) is 11.5. The first-order chi connectivity index (χ1) is 8.76. The molecule has 1 heterocycles. The molecule has 0 fully saturated rings. The zero-order chi connectivity index (χ0) is 14.6. The summed E-state index contributed by atoms with van der Waals surface area (Å²) in [6, 6.07) is 0. The number of carbonyl (C=O) groups excluding carboxylic acids is 1. The van der Waals surface area contributed by atoms with Crippen LogP contribution in [-0.2, 0) is 11.3 Å².